The van der Waals surface area contributed by atoms with Crippen molar-refractivity contribution in [2.75, 3.05) is 19.6 Å². The number of nitrogens with zero attached hydrogens (tertiary/aromatic N) is 1. The van der Waals surface area contributed by atoms with E-state index in [2.05, 4.69) is 37.9 Å². The van der Waals surface area contributed by atoms with E-state index in [1.54, 1.807) is 0 Å². The largest absolute Gasteiger partial charge is 0.390 e. The van der Waals surface area contributed by atoms with Crippen LogP contribution in [0.1, 0.15) is 27.7 Å². The highest BCUT2D eigenvalue weighted by Crippen LogP contribution is 2.19. The molecule has 0 spiro atoms. The van der Waals surface area contributed by atoms with Crippen molar-refractivity contribution in [1.29, 1.82) is 0 Å². The summed E-state index contributed by atoms with van der Waals surface area (Å²) in [5, 5.41) is 12.9. The molecule has 0 aromatic heterocycles. The van der Waals surface area contributed by atoms with Crippen molar-refractivity contribution >= 4 is 0 Å². The van der Waals surface area contributed by atoms with E-state index in [1.807, 2.05) is 0 Å². The summed E-state index contributed by atoms with van der Waals surface area (Å²) in [6.45, 7) is 11.2. The molecule has 0 aliphatic carbocycles. The summed E-state index contributed by atoms with van der Waals surface area (Å²) in [6.07, 6.45) is -0.232. The molecule has 1 atom stereocenters. The van der Waals surface area contributed by atoms with Crippen LogP contribution in [-0.4, -0.2) is 47.3 Å². The number of aliphatic hydroxyl groups excluding tert-OH is 1. The average Bonchev–Trinajstić information content (AvgIpc) is 2.10. The van der Waals surface area contributed by atoms with E-state index in [0.717, 1.165) is 13.1 Å². The molecule has 0 bridgehead atoms. The van der Waals surface area contributed by atoms with Crippen LogP contribution in [0.2, 0.25) is 0 Å². The minimum absolute atomic E-state index is 0.144. The van der Waals surface area contributed by atoms with E-state index in [-0.39, 0.29) is 11.6 Å². The molecule has 1 saturated heterocycles. The Hall–Kier alpha value is -0.120. The summed E-state index contributed by atoms with van der Waals surface area (Å²) in [5.41, 5.74) is 0.144. The smallest absolute Gasteiger partial charge is 0.0791 e. The summed E-state index contributed by atoms with van der Waals surface area (Å²) in [7, 11) is 0. The molecule has 3 nitrogen and oxygen atoms in total. The van der Waals surface area contributed by atoms with E-state index in [1.165, 1.54) is 0 Å². The van der Waals surface area contributed by atoms with E-state index >= 15 is 0 Å². The van der Waals surface area contributed by atoms with Crippen molar-refractivity contribution in [2.45, 2.75) is 45.4 Å². The maximum absolute atomic E-state index is 9.64. The summed E-state index contributed by atoms with van der Waals surface area (Å²) < 4.78 is 0. The van der Waals surface area contributed by atoms with Crippen molar-refractivity contribution in [3.63, 3.8) is 0 Å². The second-order valence-corrected chi connectivity index (χ2v) is 4.84. The molecule has 78 valence electrons. The molecular formula is C10H22N2O. The summed E-state index contributed by atoms with van der Waals surface area (Å²) >= 11 is 0. The second-order valence-electron chi connectivity index (χ2n) is 4.84. The minimum Gasteiger partial charge on any atom is -0.390 e. The van der Waals surface area contributed by atoms with Gasteiger partial charge in [-0.05, 0) is 27.7 Å². The van der Waals surface area contributed by atoms with Crippen LogP contribution in [0.4, 0.5) is 0 Å². The molecular weight excluding hydrogens is 164 g/mol. The topological polar surface area (TPSA) is 35.5 Å². The van der Waals surface area contributed by atoms with Gasteiger partial charge in [0.15, 0.2) is 0 Å². The summed E-state index contributed by atoms with van der Waals surface area (Å²) in [4.78, 5) is 2.36. The molecule has 2 N–H and O–H groups in total. The molecule has 0 saturated carbocycles. The Kier molecular flexibility index (Phi) is 3.33. The highest BCUT2D eigenvalue weighted by Gasteiger charge is 2.32. The zero-order chi connectivity index (χ0) is 10.1. The van der Waals surface area contributed by atoms with Gasteiger partial charge >= 0.3 is 0 Å². The maximum Gasteiger partial charge on any atom is 0.0791 e. The lowest BCUT2D eigenvalue weighted by Gasteiger charge is -2.40. The third-order valence-corrected chi connectivity index (χ3v) is 2.75. The van der Waals surface area contributed by atoms with Crippen molar-refractivity contribution in [2.24, 2.45) is 0 Å². The van der Waals surface area contributed by atoms with E-state index in [0.29, 0.717) is 12.6 Å². The van der Waals surface area contributed by atoms with Gasteiger partial charge in [0.1, 0.15) is 0 Å². The van der Waals surface area contributed by atoms with E-state index in [4.69, 9.17) is 0 Å². The average molecular weight is 186 g/mol. The Morgan fingerprint density at radius 1 is 1.46 bits per heavy atom. The first-order valence-electron chi connectivity index (χ1n) is 5.09. The van der Waals surface area contributed by atoms with Crippen LogP contribution in [0.25, 0.3) is 0 Å². The van der Waals surface area contributed by atoms with Gasteiger partial charge < -0.3 is 10.4 Å². The van der Waals surface area contributed by atoms with Crippen LogP contribution in [0.15, 0.2) is 0 Å². The standard InChI is InChI=1S/C10H22N2O/c1-8(2)12-6-9(13)5-11-7-10(12,3)4/h8-9,11,13H,5-7H2,1-4H3. The number of hydrogen-bond acceptors (Lipinski definition) is 3. The molecule has 1 aliphatic rings. The Bertz CT molecular complexity index is 168. The first-order valence-corrected chi connectivity index (χ1v) is 5.09. The summed E-state index contributed by atoms with van der Waals surface area (Å²) in [6, 6.07) is 0.490. The lowest BCUT2D eigenvalue weighted by atomic mass is 10.0. The molecule has 13 heavy (non-hydrogen) atoms. The van der Waals surface area contributed by atoms with Crippen molar-refractivity contribution in [3.8, 4) is 0 Å². The fourth-order valence-corrected chi connectivity index (χ4v) is 2.09. The van der Waals surface area contributed by atoms with E-state index < -0.39 is 0 Å². The summed E-state index contributed by atoms with van der Waals surface area (Å²) in [5.74, 6) is 0. The predicted molar refractivity (Wildman–Crippen MR) is 54.8 cm³/mol. The zero-order valence-corrected chi connectivity index (χ0v) is 9.17. The zero-order valence-electron chi connectivity index (χ0n) is 9.17. The third kappa shape index (κ3) is 2.66. The lowest BCUT2D eigenvalue weighted by molar-refractivity contribution is 0.0518. The van der Waals surface area contributed by atoms with Gasteiger partial charge in [-0.1, -0.05) is 0 Å². The van der Waals surface area contributed by atoms with Gasteiger partial charge in [-0.3, -0.25) is 4.90 Å². The van der Waals surface area contributed by atoms with Crippen LogP contribution in [-0.2, 0) is 0 Å². The van der Waals surface area contributed by atoms with Crippen molar-refractivity contribution in [1.82, 2.24) is 10.2 Å². The molecule has 1 rings (SSSR count). The van der Waals surface area contributed by atoms with Crippen LogP contribution < -0.4 is 5.32 Å². The highest BCUT2D eigenvalue weighted by molar-refractivity contribution is 4.90. The number of hydrogen-bond donors (Lipinski definition) is 2. The highest BCUT2D eigenvalue weighted by atomic mass is 16.3. The molecule has 1 heterocycles. The van der Waals surface area contributed by atoms with Crippen molar-refractivity contribution in [3.05, 3.63) is 0 Å². The number of aliphatic hydroxyl groups is 1. The fourth-order valence-electron chi connectivity index (χ4n) is 2.09. The lowest BCUT2D eigenvalue weighted by Crippen LogP contribution is -2.52. The van der Waals surface area contributed by atoms with Gasteiger partial charge in [0.25, 0.3) is 0 Å². The number of β-amino-alcohol motifs (C(OH)–C–C–N with tert-alkyl or cyclic N) is 1. The van der Waals surface area contributed by atoms with Crippen LogP contribution in [0.5, 0.6) is 0 Å². The Labute approximate surface area is 81.1 Å². The quantitative estimate of drug-likeness (QED) is 0.624. The normalized spacial score (nSPS) is 30.5. The third-order valence-electron chi connectivity index (χ3n) is 2.75. The fraction of sp³-hybridized carbons (Fsp3) is 1.00. The number of rotatable bonds is 1. The molecule has 0 aromatic rings. The molecule has 3 heteroatoms. The first-order chi connectivity index (χ1) is 5.93. The molecule has 0 radical (unpaired) electrons. The Balaban J connectivity index is 2.72. The van der Waals surface area contributed by atoms with Gasteiger partial charge in [-0.15, -0.1) is 0 Å². The number of nitrogens with one attached hydrogen (secondary N) is 1. The van der Waals surface area contributed by atoms with Gasteiger partial charge in [0, 0.05) is 31.2 Å². The SMILES string of the molecule is CC(C)N1CC(O)CNCC1(C)C. The van der Waals surface area contributed by atoms with Gasteiger partial charge in [-0.2, -0.15) is 0 Å². The van der Waals surface area contributed by atoms with Crippen molar-refractivity contribution < 1.29 is 5.11 Å². The van der Waals surface area contributed by atoms with Crippen LogP contribution in [0.3, 0.4) is 0 Å². The first kappa shape index (κ1) is 11.0. The van der Waals surface area contributed by atoms with Gasteiger partial charge in [0.05, 0.1) is 6.10 Å². The minimum atomic E-state index is -0.232. The second kappa shape index (κ2) is 3.95. The monoisotopic (exact) mass is 186 g/mol. The van der Waals surface area contributed by atoms with Gasteiger partial charge in [0.2, 0.25) is 0 Å². The molecule has 0 amide bonds. The molecule has 1 fully saturated rings. The van der Waals surface area contributed by atoms with Crippen LogP contribution in [0, 0.1) is 0 Å². The maximum atomic E-state index is 9.64. The molecule has 1 aliphatic heterocycles. The molecule has 0 aromatic carbocycles. The Morgan fingerprint density at radius 3 is 2.62 bits per heavy atom. The van der Waals surface area contributed by atoms with Crippen LogP contribution >= 0.6 is 0 Å². The van der Waals surface area contributed by atoms with Gasteiger partial charge in [-0.25, -0.2) is 0 Å². The predicted octanol–water partition coefficient (Wildman–Crippen LogP) is 0.440. The van der Waals surface area contributed by atoms with E-state index in [9.17, 15) is 5.11 Å². The molecule has 1 unspecified atom stereocenters. The Morgan fingerprint density at radius 2 is 2.08 bits per heavy atom.